The number of benzene rings is 1. The van der Waals surface area contributed by atoms with Gasteiger partial charge in [0.05, 0.1) is 6.54 Å². The zero-order chi connectivity index (χ0) is 15.1. The van der Waals surface area contributed by atoms with Crippen molar-refractivity contribution in [3.8, 4) is 0 Å². The SMILES string of the molecule is CCC(C)NCC(=O)N1CCC(Cc2ccccc2)CC1. The molecule has 116 valence electrons. The van der Waals surface area contributed by atoms with Gasteiger partial charge in [-0.25, -0.2) is 0 Å². The first kappa shape index (κ1) is 16.0. The van der Waals surface area contributed by atoms with Gasteiger partial charge in [0.2, 0.25) is 5.91 Å². The monoisotopic (exact) mass is 288 g/mol. The summed E-state index contributed by atoms with van der Waals surface area (Å²) in [5, 5.41) is 3.29. The number of rotatable bonds is 6. The fourth-order valence-electron chi connectivity index (χ4n) is 2.85. The molecule has 1 aromatic carbocycles. The van der Waals surface area contributed by atoms with Gasteiger partial charge in [-0.1, -0.05) is 37.3 Å². The number of nitrogens with zero attached hydrogens (tertiary/aromatic N) is 1. The molecule has 2 rings (SSSR count). The number of carbonyl (C=O) groups is 1. The normalized spacial score (nSPS) is 17.7. The maximum atomic E-state index is 12.1. The highest BCUT2D eigenvalue weighted by Gasteiger charge is 2.22. The molecule has 21 heavy (non-hydrogen) atoms. The van der Waals surface area contributed by atoms with Crippen LogP contribution in [-0.4, -0.2) is 36.5 Å². The van der Waals surface area contributed by atoms with Crippen molar-refractivity contribution in [2.45, 2.75) is 45.6 Å². The molecular weight excluding hydrogens is 260 g/mol. The van der Waals surface area contributed by atoms with E-state index in [-0.39, 0.29) is 5.91 Å². The minimum atomic E-state index is 0.258. The molecule has 1 N–H and O–H groups in total. The average Bonchev–Trinajstić information content (AvgIpc) is 2.54. The van der Waals surface area contributed by atoms with Gasteiger partial charge in [-0.2, -0.15) is 0 Å². The molecule has 1 aliphatic heterocycles. The summed E-state index contributed by atoms with van der Waals surface area (Å²) in [7, 11) is 0. The second kappa shape index (κ2) is 8.18. The number of likely N-dealkylation sites (tertiary alicyclic amines) is 1. The molecule has 0 radical (unpaired) electrons. The molecule has 1 heterocycles. The van der Waals surface area contributed by atoms with Crippen molar-refractivity contribution in [3.63, 3.8) is 0 Å². The van der Waals surface area contributed by atoms with Crippen molar-refractivity contribution in [2.24, 2.45) is 5.92 Å². The standard InChI is InChI=1S/C18H28N2O/c1-3-15(2)19-14-18(21)20-11-9-17(10-12-20)13-16-7-5-4-6-8-16/h4-8,15,17,19H,3,9-14H2,1-2H3. The van der Waals surface area contributed by atoms with E-state index in [0.717, 1.165) is 44.7 Å². The van der Waals surface area contributed by atoms with Gasteiger partial charge in [0.15, 0.2) is 0 Å². The minimum absolute atomic E-state index is 0.258. The van der Waals surface area contributed by atoms with E-state index in [1.165, 1.54) is 5.56 Å². The van der Waals surface area contributed by atoms with Gasteiger partial charge in [-0.3, -0.25) is 4.79 Å². The first-order valence-electron chi connectivity index (χ1n) is 8.24. The van der Waals surface area contributed by atoms with Gasteiger partial charge in [-0.05, 0) is 44.1 Å². The van der Waals surface area contributed by atoms with Crippen LogP contribution in [0, 0.1) is 5.92 Å². The van der Waals surface area contributed by atoms with Gasteiger partial charge >= 0.3 is 0 Å². The van der Waals surface area contributed by atoms with E-state index >= 15 is 0 Å². The molecule has 3 nitrogen and oxygen atoms in total. The van der Waals surface area contributed by atoms with Crippen LogP contribution in [0.5, 0.6) is 0 Å². The fourth-order valence-corrected chi connectivity index (χ4v) is 2.85. The van der Waals surface area contributed by atoms with Crippen LogP contribution in [0.1, 0.15) is 38.7 Å². The fraction of sp³-hybridized carbons (Fsp3) is 0.611. The van der Waals surface area contributed by atoms with E-state index in [2.05, 4.69) is 49.5 Å². The summed E-state index contributed by atoms with van der Waals surface area (Å²) in [6.45, 7) is 6.58. The highest BCUT2D eigenvalue weighted by molar-refractivity contribution is 5.78. The van der Waals surface area contributed by atoms with E-state index in [4.69, 9.17) is 0 Å². The minimum Gasteiger partial charge on any atom is -0.342 e. The Morgan fingerprint density at radius 2 is 1.95 bits per heavy atom. The van der Waals surface area contributed by atoms with Crippen molar-refractivity contribution < 1.29 is 4.79 Å². The molecule has 1 aromatic rings. The van der Waals surface area contributed by atoms with Gasteiger partial charge in [0, 0.05) is 19.1 Å². The molecule has 0 bridgehead atoms. The molecule has 1 fully saturated rings. The van der Waals surface area contributed by atoms with Gasteiger partial charge in [0.25, 0.3) is 0 Å². The molecule has 0 aliphatic carbocycles. The van der Waals surface area contributed by atoms with Crippen molar-refractivity contribution in [2.75, 3.05) is 19.6 Å². The Balaban J connectivity index is 1.71. The Labute approximate surface area is 128 Å². The Morgan fingerprint density at radius 1 is 1.29 bits per heavy atom. The van der Waals surface area contributed by atoms with E-state index in [0.29, 0.717) is 12.6 Å². The van der Waals surface area contributed by atoms with E-state index in [1.54, 1.807) is 0 Å². The van der Waals surface area contributed by atoms with E-state index in [1.807, 2.05) is 4.90 Å². The number of amides is 1. The smallest absolute Gasteiger partial charge is 0.236 e. The van der Waals surface area contributed by atoms with Gasteiger partial charge < -0.3 is 10.2 Å². The lowest BCUT2D eigenvalue weighted by atomic mass is 9.90. The first-order valence-corrected chi connectivity index (χ1v) is 8.24. The highest BCUT2D eigenvalue weighted by Crippen LogP contribution is 2.21. The Kier molecular flexibility index (Phi) is 6.24. The van der Waals surface area contributed by atoms with Crippen LogP contribution in [0.4, 0.5) is 0 Å². The molecule has 1 saturated heterocycles. The predicted molar refractivity (Wildman–Crippen MR) is 87.2 cm³/mol. The van der Waals surface area contributed by atoms with Crippen LogP contribution in [0.15, 0.2) is 30.3 Å². The van der Waals surface area contributed by atoms with Crippen LogP contribution in [0.2, 0.25) is 0 Å². The van der Waals surface area contributed by atoms with Crippen molar-refractivity contribution >= 4 is 5.91 Å². The van der Waals surface area contributed by atoms with Crippen LogP contribution >= 0.6 is 0 Å². The predicted octanol–water partition coefficient (Wildman–Crippen LogP) is 2.86. The van der Waals surface area contributed by atoms with Crippen LogP contribution < -0.4 is 5.32 Å². The maximum Gasteiger partial charge on any atom is 0.236 e. The number of nitrogens with one attached hydrogen (secondary N) is 1. The number of hydrogen-bond donors (Lipinski definition) is 1. The van der Waals surface area contributed by atoms with Gasteiger partial charge in [-0.15, -0.1) is 0 Å². The summed E-state index contributed by atoms with van der Waals surface area (Å²) in [5.74, 6) is 0.979. The molecule has 1 amide bonds. The zero-order valence-corrected chi connectivity index (χ0v) is 13.3. The third-order valence-electron chi connectivity index (χ3n) is 4.55. The van der Waals surface area contributed by atoms with Crippen molar-refractivity contribution in [1.82, 2.24) is 10.2 Å². The topological polar surface area (TPSA) is 32.3 Å². The third kappa shape index (κ3) is 5.16. The average molecular weight is 288 g/mol. The molecule has 1 atom stereocenters. The second-order valence-corrected chi connectivity index (χ2v) is 6.20. The largest absolute Gasteiger partial charge is 0.342 e. The van der Waals surface area contributed by atoms with Crippen molar-refractivity contribution in [3.05, 3.63) is 35.9 Å². The molecule has 1 aliphatic rings. The number of carbonyl (C=O) groups excluding carboxylic acids is 1. The third-order valence-corrected chi connectivity index (χ3v) is 4.55. The first-order chi connectivity index (χ1) is 10.2. The summed E-state index contributed by atoms with van der Waals surface area (Å²) < 4.78 is 0. The molecular formula is C18H28N2O. The van der Waals surface area contributed by atoms with Crippen LogP contribution in [-0.2, 0) is 11.2 Å². The highest BCUT2D eigenvalue weighted by atomic mass is 16.2. The number of hydrogen-bond acceptors (Lipinski definition) is 2. The second-order valence-electron chi connectivity index (χ2n) is 6.20. The molecule has 0 aromatic heterocycles. The maximum absolute atomic E-state index is 12.1. The van der Waals surface area contributed by atoms with E-state index < -0.39 is 0 Å². The summed E-state index contributed by atoms with van der Waals surface area (Å²) in [5.41, 5.74) is 1.42. The van der Waals surface area contributed by atoms with Crippen molar-refractivity contribution in [1.29, 1.82) is 0 Å². The lowest BCUT2D eigenvalue weighted by Crippen LogP contribution is -2.44. The molecule has 0 saturated carbocycles. The molecule has 1 unspecified atom stereocenters. The summed E-state index contributed by atoms with van der Waals surface area (Å²) >= 11 is 0. The number of piperidine rings is 1. The van der Waals surface area contributed by atoms with Gasteiger partial charge in [0.1, 0.15) is 0 Å². The van der Waals surface area contributed by atoms with Crippen LogP contribution in [0.3, 0.4) is 0 Å². The molecule has 3 heteroatoms. The summed E-state index contributed by atoms with van der Waals surface area (Å²) in [6.07, 6.45) is 4.47. The summed E-state index contributed by atoms with van der Waals surface area (Å²) in [6, 6.07) is 11.1. The van der Waals surface area contributed by atoms with E-state index in [9.17, 15) is 4.79 Å². The lowest BCUT2D eigenvalue weighted by molar-refractivity contribution is -0.131. The Morgan fingerprint density at radius 3 is 2.57 bits per heavy atom. The van der Waals surface area contributed by atoms with Crippen LogP contribution in [0.25, 0.3) is 0 Å². The summed E-state index contributed by atoms with van der Waals surface area (Å²) in [4.78, 5) is 14.2. The molecule has 0 spiro atoms. The quantitative estimate of drug-likeness (QED) is 0.873. The Bertz CT molecular complexity index is 424. The lowest BCUT2D eigenvalue weighted by Gasteiger charge is -2.32. The zero-order valence-electron chi connectivity index (χ0n) is 13.3. The Hall–Kier alpha value is -1.35.